The van der Waals surface area contributed by atoms with Gasteiger partial charge in [0.25, 0.3) is 0 Å². The molecule has 0 saturated heterocycles. The zero-order valence-electron chi connectivity index (χ0n) is 13.3. The van der Waals surface area contributed by atoms with E-state index in [0.29, 0.717) is 13.0 Å². The molecular formula is C15H28N2O3S. The maximum absolute atomic E-state index is 11.9. The van der Waals surface area contributed by atoms with Gasteiger partial charge in [0, 0.05) is 11.3 Å². The molecule has 0 aliphatic heterocycles. The molecule has 1 atom stereocenters. The largest absolute Gasteiger partial charge is 0.480 e. The molecule has 0 heterocycles. The molecule has 122 valence electrons. The Bertz CT molecular complexity index is 355. The van der Waals surface area contributed by atoms with Gasteiger partial charge in [-0.05, 0) is 31.4 Å². The minimum atomic E-state index is -0.976. The molecule has 2 amide bonds. The van der Waals surface area contributed by atoms with Gasteiger partial charge in [-0.3, -0.25) is 0 Å². The van der Waals surface area contributed by atoms with Crippen LogP contribution in [0.15, 0.2) is 0 Å². The van der Waals surface area contributed by atoms with E-state index in [4.69, 9.17) is 5.11 Å². The second-order valence-electron chi connectivity index (χ2n) is 6.30. The topological polar surface area (TPSA) is 78.4 Å². The Labute approximate surface area is 131 Å². The summed E-state index contributed by atoms with van der Waals surface area (Å²) in [5.41, 5.74) is 0. The fourth-order valence-corrected chi connectivity index (χ4v) is 3.71. The number of carboxylic acids is 1. The lowest BCUT2D eigenvalue weighted by atomic mass is 9.88. The Kier molecular flexibility index (Phi) is 7.35. The smallest absolute Gasteiger partial charge is 0.326 e. The molecule has 6 heteroatoms. The molecule has 3 N–H and O–H groups in total. The van der Waals surface area contributed by atoms with Crippen LogP contribution in [0, 0.1) is 5.92 Å². The van der Waals surface area contributed by atoms with Gasteiger partial charge in [-0.2, -0.15) is 11.8 Å². The van der Waals surface area contributed by atoms with Crippen molar-refractivity contribution in [3.8, 4) is 0 Å². The number of amides is 2. The number of nitrogens with one attached hydrogen (secondary N) is 2. The highest BCUT2D eigenvalue weighted by Crippen LogP contribution is 2.37. The summed E-state index contributed by atoms with van der Waals surface area (Å²) in [6.45, 7) is 4.49. The van der Waals surface area contributed by atoms with Gasteiger partial charge in [0.05, 0.1) is 0 Å². The van der Waals surface area contributed by atoms with Gasteiger partial charge in [0.1, 0.15) is 6.04 Å². The minimum Gasteiger partial charge on any atom is -0.480 e. The normalized spacial score (nSPS) is 19.0. The van der Waals surface area contributed by atoms with Crippen molar-refractivity contribution in [3.63, 3.8) is 0 Å². The van der Waals surface area contributed by atoms with Crippen molar-refractivity contribution < 1.29 is 14.7 Å². The Morgan fingerprint density at radius 1 is 1.24 bits per heavy atom. The van der Waals surface area contributed by atoms with Crippen molar-refractivity contribution in [1.29, 1.82) is 0 Å². The van der Waals surface area contributed by atoms with Crippen LogP contribution < -0.4 is 10.6 Å². The zero-order chi connectivity index (χ0) is 15.9. The van der Waals surface area contributed by atoms with E-state index in [1.807, 2.05) is 25.6 Å². The number of hydrogen-bond acceptors (Lipinski definition) is 3. The van der Waals surface area contributed by atoms with E-state index < -0.39 is 12.0 Å². The fraction of sp³-hybridized carbons (Fsp3) is 0.867. The molecule has 21 heavy (non-hydrogen) atoms. The second kappa shape index (κ2) is 8.51. The molecule has 0 bridgehead atoms. The lowest BCUT2D eigenvalue weighted by Crippen LogP contribution is -2.50. The highest BCUT2D eigenvalue weighted by Gasteiger charge is 2.31. The van der Waals surface area contributed by atoms with Crippen LogP contribution >= 0.6 is 11.8 Å². The molecule has 0 spiro atoms. The molecule has 5 nitrogen and oxygen atoms in total. The summed E-state index contributed by atoms with van der Waals surface area (Å²) in [6.07, 6.45) is 8.43. The van der Waals surface area contributed by atoms with E-state index in [2.05, 4.69) is 16.9 Å². The second-order valence-corrected chi connectivity index (χ2v) is 7.57. The first-order chi connectivity index (χ1) is 9.88. The van der Waals surface area contributed by atoms with E-state index in [9.17, 15) is 9.59 Å². The van der Waals surface area contributed by atoms with Gasteiger partial charge in [-0.25, -0.2) is 9.59 Å². The average molecular weight is 316 g/mol. The lowest BCUT2D eigenvalue weighted by molar-refractivity contribution is -0.139. The third kappa shape index (κ3) is 6.16. The van der Waals surface area contributed by atoms with Crippen LogP contribution in [-0.4, -0.2) is 40.7 Å². The molecule has 0 unspecified atom stereocenters. The first-order valence-corrected chi connectivity index (χ1v) is 8.93. The predicted octanol–water partition coefficient (Wildman–Crippen LogP) is 2.85. The van der Waals surface area contributed by atoms with E-state index in [1.54, 1.807) is 0 Å². The fourth-order valence-electron chi connectivity index (χ4n) is 2.79. The molecule has 0 aromatic carbocycles. The summed E-state index contributed by atoms with van der Waals surface area (Å²) in [5.74, 6) is -0.751. The molecule has 1 aliphatic carbocycles. The molecule has 0 aromatic heterocycles. The van der Waals surface area contributed by atoms with Crippen LogP contribution in [0.1, 0.15) is 52.4 Å². The highest BCUT2D eigenvalue weighted by atomic mass is 32.2. The van der Waals surface area contributed by atoms with Crippen LogP contribution in [0.25, 0.3) is 0 Å². The maximum atomic E-state index is 11.9. The monoisotopic (exact) mass is 316 g/mol. The van der Waals surface area contributed by atoms with Crippen LogP contribution in [0.2, 0.25) is 0 Å². The van der Waals surface area contributed by atoms with Gasteiger partial charge in [-0.15, -0.1) is 0 Å². The molecule has 1 aliphatic rings. The standard InChI is InChI=1S/C15H28N2O3S/c1-11(2)9-12(13(18)19)17-14(20)16-10-15(21-3)7-5-4-6-8-15/h11-12H,4-10H2,1-3H3,(H,18,19)(H2,16,17,20)/t12-/m0/s1. The number of thioether (sulfide) groups is 1. The Morgan fingerprint density at radius 3 is 2.33 bits per heavy atom. The van der Waals surface area contributed by atoms with Crippen LogP contribution in [-0.2, 0) is 4.79 Å². The van der Waals surface area contributed by atoms with Crippen LogP contribution in [0.5, 0.6) is 0 Å². The van der Waals surface area contributed by atoms with Crippen LogP contribution in [0.3, 0.4) is 0 Å². The molecule has 1 fully saturated rings. The van der Waals surface area contributed by atoms with Crippen LogP contribution in [0.4, 0.5) is 4.79 Å². The summed E-state index contributed by atoms with van der Waals surface area (Å²) in [6, 6.07) is -1.19. The molecule has 1 saturated carbocycles. The van der Waals surface area contributed by atoms with Gasteiger partial charge in [0.2, 0.25) is 0 Å². The number of hydrogen-bond donors (Lipinski definition) is 3. The number of carbonyl (C=O) groups excluding carboxylic acids is 1. The lowest BCUT2D eigenvalue weighted by Gasteiger charge is -2.36. The van der Waals surface area contributed by atoms with E-state index in [0.717, 1.165) is 12.8 Å². The van der Waals surface area contributed by atoms with Gasteiger partial charge < -0.3 is 15.7 Å². The van der Waals surface area contributed by atoms with E-state index in [-0.39, 0.29) is 16.7 Å². The van der Waals surface area contributed by atoms with Crippen molar-refractivity contribution in [2.45, 2.75) is 63.2 Å². The summed E-state index contributed by atoms with van der Waals surface area (Å²) < 4.78 is 0.117. The van der Waals surface area contributed by atoms with Crippen molar-refractivity contribution in [3.05, 3.63) is 0 Å². The summed E-state index contributed by atoms with van der Waals surface area (Å²) in [4.78, 5) is 23.1. The van der Waals surface area contributed by atoms with Crippen molar-refractivity contribution in [1.82, 2.24) is 10.6 Å². The third-order valence-electron chi connectivity index (χ3n) is 4.08. The van der Waals surface area contributed by atoms with Crippen molar-refractivity contribution >= 4 is 23.8 Å². The first kappa shape index (κ1) is 18.1. The Morgan fingerprint density at radius 2 is 1.86 bits per heavy atom. The number of urea groups is 1. The third-order valence-corrected chi connectivity index (χ3v) is 5.50. The number of aliphatic carboxylic acids is 1. The highest BCUT2D eigenvalue weighted by molar-refractivity contribution is 8.00. The van der Waals surface area contributed by atoms with Crippen molar-refractivity contribution in [2.75, 3.05) is 12.8 Å². The van der Waals surface area contributed by atoms with Gasteiger partial charge in [-0.1, -0.05) is 33.1 Å². The van der Waals surface area contributed by atoms with Crippen molar-refractivity contribution in [2.24, 2.45) is 5.92 Å². The van der Waals surface area contributed by atoms with E-state index in [1.165, 1.54) is 19.3 Å². The predicted molar refractivity (Wildman–Crippen MR) is 86.7 cm³/mol. The Hall–Kier alpha value is -0.910. The summed E-state index contributed by atoms with van der Waals surface area (Å²) >= 11 is 1.81. The maximum Gasteiger partial charge on any atom is 0.326 e. The number of rotatable bonds is 7. The number of carboxylic acid groups (broad SMARTS) is 1. The molecule has 1 rings (SSSR count). The zero-order valence-corrected chi connectivity index (χ0v) is 14.1. The minimum absolute atomic E-state index is 0.117. The average Bonchev–Trinajstić information content (AvgIpc) is 2.45. The Balaban J connectivity index is 2.46. The summed E-state index contributed by atoms with van der Waals surface area (Å²) in [5, 5.41) is 14.6. The number of carbonyl (C=O) groups is 2. The van der Waals surface area contributed by atoms with E-state index >= 15 is 0 Å². The van der Waals surface area contributed by atoms with Gasteiger partial charge in [0.15, 0.2) is 0 Å². The van der Waals surface area contributed by atoms with Gasteiger partial charge >= 0.3 is 12.0 Å². The molecular weight excluding hydrogens is 288 g/mol. The summed E-state index contributed by atoms with van der Waals surface area (Å²) in [7, 11) is 0. The molecule has 0 radical (unpaired) electrons. The first-order valence-electron chi connectivity index (χ1n) is 7.71. The SMILES string of the molecule is CSC1(CNC(=O)N[C@@H](CC(C)C)C(=O)O)CCCCC1. The quantitative estimate of drug-likeness (QED) is 0.675. The molecule has 0 aromatic rings.